The van der Waals surface area contributed by atoms with Crippen LogP contribution in [0.3, 0.4) is 0 Å². The molecular formula is C12H17BrFN. The molecule has 3 heteroatoms. The van der Waals surface area contributed by atoms with Crippen LogP contribution in [0.1, 0.15) is 25.3 Å². The molecule has 15 heavy (non-hydrogen) atoms. The lowest BCUT2D eigenvalue weighted by Crippen LogP contribution is -2.14. The first-order chi connectivity index (χ1) is 7.24. The monoisotopic (exact) mass is 273 g/mol. The van der Waals surface area contributed by atoms with Gasteiger partial charge in [0.15, 0.2) is 0 Å². The highest BCUT2D eigenvalue weighted by atomic mass is 79.9. The molecule has 1 aromatic carbocycles. The van der Waals surface area contributed by atoms with Gasteiger partial charge in [-0.05, 0) is 50.0 Å². The molecule has 0 bridgehead atoms. The van der Waals surface area contributed by atoms with Crippen molar-refractivity contribution >= 4 is 15.9 Å². The molecule has 1 rings (SSSR count). The van der Waals surface area contributed by atoms with E-state index in [0.717, 1.165) is 42.4 Å². The Hall–Kier alpha value is -0.410. The third-order valence-corrected chi connectivity index (χ3v) is 2.81. The van der Waals surface area contributed by atoms with Crippen LogP contribution in [0.15, 0.2) is 22.7 Å². The average molecular weight is 274 g/mol. The van der Waals surface area contributed by atoms with Gasteiger partial charge in [0.25, 0.3) is 0 Å². The van der Waals surface area contributed by atoms with E-state index in [0.29, 0.717) is 0 Å². The van der Waals surface area contributed by atoms with Crippen molar-refractivity contribution in [3.8, 4) is 0 Å². The zero-order chi connectivity index (χ0) is 11.1. The number of nitrogens with one attached hydrogen (secondary N) is 1. The Morgan fingerprint density at radius 1 is 1.33 bits per heavy atom. The van der Waals surface area contributed by atoms with Crippen LogP contribution in [0.5, 0.6) is 0 Å². The molecular weight excluding hydrogens is 257 g/mol. The summed E-state index contributed by atoms with van der Waals surface area (Å²) in [4.78, 5) is 0. The topological polar surface area (TPSA) is 12.0 Å². The fourth-order valence-electron chi connectivity index (χ4n) is 1.47. The lowest BCUT2D eigenvalue weighted by molar-refractivity contribution is 0.590. The van der Waals surface area contributed by atoms with Crippen molar-refractivity contribution in [2.45, 2.75) is 26.2 Å². The molecule has 0 aromatic heterocycles. The van der Waals surface area contributed by atoms with Crippen molar-refractivity contribution in [2.24, 2.45) is 0 Å². The van der Waals surface area contributed by atoms with Crippen molar-refractivity contribution < 1.29 is 4.39 Å². The van der Waals surface area contributed by atoms with Crippen molar-refractivity contribution in [2.75, 3.05) is 13.1 Å². The van der Waals surface area contributed by atoms with E-state index in [1.165, 1.54) is 6.07 Å². The zero-order valence-electron chi connectivity index (χ0n) is 9.02. The highest BCUT2D eigenvalue weighted by Gasteiger charge is 2.01. The van der Waals surface area contributed by atoms with Gasteiger partial charge in [-0.1, -0.05) is 28.9 Å². The summed E-state index contributed by atoms with van der Waals surface area (Å²) in [7, 11) is 0. The van der Waals surface area contributed by atoms with E-state index in [2.05, 4.69) is 28.2 Å². The lowest BCUT2D eigenvalue weighted by Gasteiger charge is -2.04. The molecule has 0 aliphatic heterocycles. The Bertz CT molecular complexity index is 302. The van der Waals surface area contributed by atoms with Gasteiger partial charge in [-0.2, -0.15) is 0 Å². The van der Waals surface area contributed by atoms with Gasteiger partial charge >= 0.3 is 0 Å². The van der Waals surface area contributed by atoms with Crippen molar-refractivity contribution in [1.82, 2.24) is 5.32 Å². The third kappa shape index (κ3) is 4.76. The largest absolute Gasteiger partial charge is 0.317 e. The van der Waals surface area contributed by atoms with Crippen LogP contribution in [-0.2, 0) is 6.42 Å². The second-order valence-electron chi connectivity index (χ2n) is 3.55. The predicted molar refractivity (Wildman–Crippen MR) is 65.6 cm³/mol. The standard InChI is InChI=1S/C12H17BrFN/c1-2-15-8-4-3-5-10-6-7-11(13)9-12(10)14/h6-7,9,15H,2-5,8H2,1H3. The molecule has 1 aromatic rings. The van der Waals surface area contributed by atoms with Gasteiger partial charge in [-0.3, -0.25) is 0 Å². The predicted octanol–water partition coefficient (Wildman–Crippen LogP) is 3.52. The molecule has 0 aliphatic carbocycles. The molecule has 0 saturated carbocycles. The molecule has 0 radical (unpaired) electrons. The average Bonchev–Trinajstić information content (AvgIpc) is 2.20. The number of aryl methyl sites for hydroxylation is 1. The van der Waals surface area contributed by atoms with E-state index in [1.54, 1.807) is 0 Å². The molecule has 0 spiro atoms. The smallest absolute Gasteiger partial charge is 0.127 e. The van der Waals surface area contributed by atoms with Crippen LogP contribution in [0.2, 0.25) is 0 Å². The second-order valence-corrected chi connectivity index (χ2v) is 4.46. The van der Waals surface area contributed by atoms with E-state index in [-0.39, 0.29) is 5.82 Å². The molecule has 0 saturated heterocycles. The number of unbranched alkanes of at least 4 members (excludes halogenated alkanes) is 1. The summed E-state index contributed by atoms with van der Waals surface area (Å²) in [5, 5.41) is 3.26. The summed E-state index contributed by atoms with van der Waals surface area (Å²) in [6, 6.07) is 5.27. The maximum absolute atomic E-state index is 13.4. The molecule has 0 heterocycles. The van der Waals surface area contributed by atoms with Crippen LogP contribution in [-0.4, -0.2) is 13.1 Å². The summed E-state index contributed by atoms with van der Waals surface area (Å²) in [6.07, 6.45) is 2.96. The molecule has 0 atom stereocenters. The number of hydrogen-bond acceptors (Lipinski definition) is 1. The quantitative estimate of drug-likeness (QED) is 0.783. The van der Waals surface area contributed by atoms with Gasteiger partial charge in [0.05, 0.1) is 0 Å². The van der Waals surface area contributed by atoms with Crippen LogP contribution >= 0.6 is 15.9 Å². The van der Waals surface area contributed by atoms with Crippen LogP contribution in [0, 0.1) is 5.82 Å². The van der Waals surface area contributed by atoms with E-state index in [1.807, 2.05) is 12.1 Å². The minimum atomic E-state index is -0.104. The van der Waals surface area contributed by atoms with Gasteiger partial charge in [-0.15, -0.1) is 0 Å². The van der Waals surface area contributed by atoms with Crippen molar-refractivity contribution in [3.05, 3.63) is 34.1 Å². The number of hydrogen-bond donors (Lipinski definition) is 1. The van der Waals surface area contributed by atoms with Gasteiger partial charge in [0, 0.05) is 4.47 Å². The first kappa shape index (κ1) is 12.7. The Kier molecular flexibility index (Phi) is 5.88. The summed E-state index contributed by atoms with van der Waals surface area (Å²) in [6.45, 7) is 4.12. The highest BCUT2D eigenvalue weighted by molar-refractivity contribution is 9.10. The summed E-state index contributed by atoms with van der Waals surface area (Å²) < 4.78 is 14.2. The lowest BCUT2D eigenvalue weighted by atomic mass is 10.1. The third-order valence-electron chi connectivity index (χ3n) is 2.31. The maximum Gasteiger partial charge on any atom is 0.127 e. The Morgan fingerprint density at radius 3 is 2.80 bits per heavy atom. The van der Waals surface area contributed by atoms with Gasteiger partial charge < -0.3 is 5.32 Å². The fourth-order valence-corrected chi connectivity index (χ4v) is 1.80. The molecule has 1 nitrogen and oxygen atoms in total. The zero-order valence-corrected chi connectivity index (χ0v) is 10.6. The summed E-state index contributed by atoms with van der Waals surface area (Å²) in [5.74, 6) is -0.104. The minimum Gasteiger partial charge on any atom is -0.317 e. The fraction of sp³-hybridized carbons (Fsp3) is 0.500. The Morgan fingerprint density at radius 2 is 2.13 bits per heavy atom. The Balaban J connectivity index is 2.31. The number of halogens is 2. The van der Waals surface area contributed by atoms with Gasteiger partial charge in [0.1, 0.15) is 5.82 Å². The molecule has 84 valence electrons. The van der Waals surface area contributed by atoms with Crippen molar-refractivity contribution in [1.29, 1.82) is 0 Å². The number of rotatable bonds is 6. The summed E-state index contributed by atoms with van der Waals surface area (Å²) in [5.41, 5.74) is 0.815. The second kappa shape index (κ2) is 6.96. The van der Waals surface area contributed by atoms with Gasteiger partial charge in [-0.25, -0.2) is 4.39 Å². The van der Waals surface area contributed by atoms with Crippen molar-refractivity contribution in [3.63, 3.8) is 0 Å². The van der Waals surface area contributed by atoms with Crippen LogP contribution in [0.4, 0.5) is 4.39 Å². The van der Waals surface area contributed by atoms with E-state index < -0.39 is 0 Å². The van der Waals surface area contributed by atoms with Gasteiger partial charge in [0.2, 0.25) is 0 Å². The molecule has 0 aliphatic rings. The van der Waals surface area contributed by atoms with E-state index in [4.69, 9.17) is 0 Å². The molecule has 0 fully saturated rings. The molecule has 0 unspecified atom stereocenters. The SMILES string of the molecule is CCNCCCCc1ccc(Br)cc1F. The first-order valence-electron chi connectivity index (χ1n) is 5.38. The van der Waals surface area contributed by atoms with E-state index in [9.17, 15) is 4.39 Å². The highest BCUT2D eigenvalue weighted by Crippen LogP contribution is 2.16. The first-order valence-corrected chi connectivity index (χ1v) is 6.18. The minimum absolute atomic E-state index is 0.104. The Labute approximate surface area is 99.2 Å². The normalized spacial score (nSPS) is 10.6. The maximum atomic E-state index is 13.4. The summed E-state index contributed by atoms with van der Waals surface area (Å²) >= 11 is 3.25. The van der Waals surface area contributed by atoms with Crippen LogP contribution < -0.4 is 5.32 Å². The van der Waals surface area contributed by atoms with Crippen LogP contribution in [0.25, 0.3) is 0 Å². The van der Waals surface area contributed by atoms with E-state index >= 15 is 0 Å². The molecule has 0 amide bonds. The number of benzene rings is 1. The molecule has 1 N–H and O–H groups in total.